The summed E-state index contributed by atoms with van der Waals surface area (Å²) >= 11 is 5.87. The number of carbonyl (C=O) groups excluding carboxylic acids is 2. The number of hydrogen-bond acceptors (Lipinski definition) is 6. The summed E-state index contributed by atoms with van der Waals surface area (Å²) in [5.74, 6) is -3.28. The van der Waals surface area contributed by atoms with Crippen molar-refractivity contribution in [1.29, 1.82) is 0 Å². The van der Waals surface area contributed by atoms with E-state index in [1.165, 1.54) is 53.4 Å². The first kappa shape index (κ1) is 22.0. The molecule has 0 radical (unpaired) electrons. The molecule has 0 aromatic heterocycles. The number of ketones is 1. The number of aliphatic hydroxyl groups is 1. The molecule has 0 spiro atoms. The number of Topliss-reactive ketones (excluding diaryl/α,β-unsaturated/α-hetero) is 1. The maximum atomic E-state index is 12.8. The van der Waals surface area contributed by atoms with Gasteiger partial charge in [-0.25, -0.2) is 0 Å². The molecule has 0 aliphatic carbocycles. The molecule has 10 heteroatoms. The van der Waals surface area contributed by atoms with E-state index in [0.717, 1.165) is 0 Å². The molecule has 1 heterocycles. The fourth-order valence-electron chi connectivity index (χ4n) is 3.40. The Bertz CT molecular complexity index is 1080. The number of rotatable bonds is 7. The molecule has 0 unspecified atom stereocenters. The molecule has 2 aromatic carbocycles. The van der Waals surface area contributed by atoms with Crippen LogP contribution in [0, 0.1) is 10.1 Å². The summed E-state index contributed by atoms with van der Waals surface area (Å²) in [5, 5.41) is 31.1. The quantitative estimate of drug-likeness (QED) is 0.219. The van der Waals surface area contributed by atoms with E-state index < -0.39 is 34.4 Å². The van der Waals surface area contributed by atoms with Gasteiger partial charge in [0.1, 0.15) is 5.76 Å². The van der Waals surface area contributed by atoms with Crippen molar-refractivity contribution in [3.8, 4) is 0 Å². The molecule has 1 aliphatic rings. The molecule has 31 heavy (non-hydrogen) atoms. The number of aliphatic hydroxyl groups excluding tert-OH is 1. The zero-order valence-electron chi connectivity index (χ0n) is 16.0. The number of carboxylic acid groups (broad SMARTS) is 1. The predicted molar refractivity (Wildman–Crippen MR) is 110 cm³/mol. The summed E-state index contributed by atoms with van der Waals surface area (Å²) < 4.78 is 0. The van der Waals surface area contributed by atoms with Gasteiger partial charge in [0.2, 0.25) is 0 Å². The standard InChI is InChI=1S/C21H17ClN2O7/c22-14-7-3-13(4-8-14)19(27)17-18(12-5-9-15(10-6-12)24(30)31)23(21(29)20(17)28)11-1-2-16(25)26/h3-10,18,27H,1-2,11H2,(H,25,26)/b19-17-/t18-/m1/s1. The summed E-state index contributed by atoms with van der Waals surface area (Å²) in [4.78, 5) is 47.9. The molecular formula is C21H17ClN2O7. The highest BCUT2D eigenvalue weighted by Crippen LogP contribution is 2.40. The second-order valence-corrected chi connectivity index (χ2v) is 7.28. The van der Waals surface area contributed by atoms with E-state index >= 15 is 0 Å². The molecule has 160 valence electrons. The van der Waals surface area contributed by atoms with Crippen LogP contribution in [0.15, 0.2) is 54.1 Å². The molecule has 2 N–H and O–H groups in total. The van der Waals surface area contributed by atoms with Gasteiger partial charge < -0.3 is 15.1 Å². The lowest BCUT2D eigenvalue weighted by Gasteiger charge is -2.25. The van der Waals surface area contributed by atoms with Gasteiger partial charge in [0.25, 0.3) is 17.4 Å². The van der Waals surface area contributed by atoms with Crippen molar-refractivity contribution in [2.24, 2.45) is 0 Å². The molecule has 3 rings (SSSR count). The number of amides is 1. The number of nitro benzene ring substituents is 1. The van der Waals surface area contributed by atoms with E-state index in [2.05, 4.69) is 0 Å². The molecule has 2 aromatic rings. The first-order chi connectivity index (χ1) is 14.7. The molecule has 1 atom stereocenters. The van der Waals surface area contributed by atoms with Crippen molar-refractivity contribution in [2.45, 2.75) is 18.9 Å². The average molecular weight is 445 g/mol. The van der Waals surface area contributed by atoms with Crippen LogP contribution in [0.5, 0.6) is 0 Å². The lowest BCUT2D eigenvalue weighted by atomic mass is 9.95. The van der Waals surface area contributed by atoms with Gasteiger partial charge in [0, 0.05) is 35.7 Å². The Labute approximate surface area is 181 Å². The van der Waals surface area contributed by atoms with Crippen molar-refractivity contribution in [3.05, 3.63) is 80.4 Å². The van der Waals surface area contributed by atoms with E-state index in [-0.39, 0.29) is 36.2 Å². The molecule has 0 saturated carbocycles. The van der Waals surface area contributed by atoms with Crippen molar-refractivity contribution < 1.29 is 29.5 Å². The van der Waals surface area contributed by atoms with Crippen LogP contribution < -0.4 is 0 Å². The number of carbonyl (C=O) groups is 3. The highest BCUT2D eigenvalue weighted by atomic mass is 35.5. The fraction of sp³-hybridized carbons (Fsp3) is 0.190. The predicted octanol–water partition coefficient (Wildman–Crippen LogP) is 3.53. The Kier molecular flexibility index (Phi) is 6.36. The van der Waals surface area contributed by atoms with Crippen LogP contribution in [0.2, 0.25) is 5.02 Å². The van der Waals surface area contributed by atoms with Gasteiger partial charge in [-0.05, 0) is 48.4 Å². The van der Waals surface area contributed by atoms with Gasteiger partial charge >= 0.3 is 5.97 Å². The summed E-state index contributed by atoms with van der Waals surface area (Å²) in [6.45, 7) is -0.0457. The number of non-ortho nitro benzene ring substituents is 1. The Morgan fingerprint density at radius 2 is 1.68 bits per heavy atom. The molecule has 1 amide bonds. The molecule has 1 saturated heterocycles. The third-order valence-electron chi connectivity index (χ3n) is 4.87. The zero-order chi connectivity index (χ0) is 22.7. The van der Waals surface area contributed by atoms with Crippen molar-refractivity contribution >= 4 is 40.7 Å². The molecule has 9 nitrogen and oxygen atoms in total. The lowest BCUT2D eigenvalue weighted by molar-refractivity contribution is -0.384. The van der Waals surface area contributed by atoms with Crippen molar-refractivity contribution in [3.63, 3.8) is 0 Å². The summed E-state index contributed by atoms with van der Waals surface area (Å²) in [6, 6.07) is 10.2. The van der Waals surface area contributed by atoms with E-state index in [1.54, 1.807) is 0 Å². The third kappa shape index (κ3) is 4.56. The van der Waals surface area contributed by atoms with Crippen molar-refractivity contribution in [1.82, 2.24) is 4.90 Å². The normalized spacial score (nSPS) is 17.7. The summed E-state index contributed by atoms with van der Waals surface area (Å²) in [6.07, 6.45) is -0.125. The summed E-state index contributed by atoms with van der Waals surface area (Å²) in [5.41, 5.74) is 0.274. The minimum atomic E-state index is -1.05. The van der Waals surface area contributed by atoms with Gasteiger partial charge in [-0.1, -0.05) is 11.6 Å². The van der Waals surface area contributed by atoms with E-state index in [9.17, 15) is 29.6 Å². The third-order valence-corrected chi connectivity index (χ3v) is 5.12. The zero-order valence-corrected chi connectivity index (χ0v) is 16.8. The number of nitro groups is 1. The minimum absolute atomic E-state index is 0.0457. The second-order valence-electron chi connectivity index (χ2n) is 6.85. The number of nitrogens with zero attached hydrogens (tertiary/aromatic N) is 2. The number of likely N-dealkylation sites (tertiary alicyclic amines) is 1. The van der Waals surface area contributed by atoms with Gasteiger partial charge in [-0.3, -0.25) is 24.5 Å². The minimum Gasteiger partial charge on any atom is -0.507 e. The van der Waals surface area contributed by atoms with E-state index in [4.69, 9.17) is 16.7 Å². The average Bonchev–Trinajstić information content (AvgIpc) is 2.98. The maximum Gasteiger partial charge on any atom is 0.303 e. The van der Waals surface area contributed by atoms with Crippen LogP contribution in [0.3, 0.4) is 0 Å². The van der Waals surface area contributed by atoms with Gasteiger partial charge in [-0.15, -0.1) is 0 Å². The van der Waals surface area contributed by atoms with Crippen LogP contribution in [-0.4, -0.2) is 44.2 Å². The largest absolute Gasteiger partial charge is 0.507 e. The van der Waals surface area contributed by atoms with Crippen LogP contribution >= 0.6 is 11.6 Å². The van der Waals surface area contributed by atoms with Crippen LogP contribution in [0.4, 0.5) is 5.69 Å². The lowest BCUT2D eigenvalue weighted by Crippen LogP contribution is -2.31. The Morgan fingerprint density at radius 1 is 1.06 bits per heavy atom. The Hall–Kier alpha value is -3.72. The number of benzene rings is 2. The van der Waals surface area contributed by atoms with Crippen LogP contribution in [0.25, 0.3) is 5.76 Å². The molecule has 1 aliphatic heterocycles. The van der Waals surface area contributed by atoms with Gasteiger partial charge in [0.15, 0.2) is 0 Å². The smallest absolute Gasteiger partial charge is 0.303 e. The van der Waals surface area contributed by atoms with E-state index in [0.29, 0.717) is 10.6 Å². The number of carboxylic acids is 1. The molecule has 1 fully saturated rings. The number of halogens is 1. The number of hydrogen-bond donors (Lipinski definition) is 2. The monoisotopic (exact) mass is 444 g/mol. The maximum absolute atomic E-state index is 12.8. The number of aliphatic carboxylic acids is 1. The fourth-order valence-corrected chi connectivity index (χ4v) is 3.53. The Balaban J connectivity index is 2.10. The molecule has 0 bridgehead atoms. The highest BCUT2D eigenvalue weighted by molar-refractivity contribution is 6.46. The van der Waals surface area contributed by atoms with Crippen LogP contribution in [0.1, 0.15) is 30.0 Å². The summed E-state index contributed by atoms with van der Waals surface area (Å²) in [7, 11) is 0. The van der Waals surface area contributed by atoms with E-state index in [1.807, 2.05) is 0 Å². The SMILES string of the molecule is O=C(O)CCCN1C(=O)C(=O)/C(=C(\O)c2ccc(Cl)cc2)[C@H]1c1ccc([N+](=O)[O-])cc1. The molecular weight excluding hydrogens is 428 g/mol. The highest BCUT2D eigenvalue weighted by Gasteiger charge is 2.45. The van der Waals surface area contributed by atoms with Gasteiger partial charge in [0.05, 0.1) is 16.5 Å². The topological polar surface area (TPSA) is 138 Å². The second kappa shape index (κ2) is 8.97. The van der Waals surface area contributed by atoms with Crippen molar-refractivity contribution in [2.75, 3.05) is 6.54 Å². The van der Waals surface area contributed by atoms with Gasteiger partial charge in [-0.2, -0.15) is 0 Å². The Morgan fingerprint density at radius 3 is 2.23 bits per heavy atom. The first-order valence-corrected chi connectivity index (χ1v) is 9.59. The first-order valence-electron chi connectivity index (χ1n) is 9.21. The van der Waals surface area contributed by atoms with Crippen LogP contribution in [-0.2, 0) is 14.4 Å².